The van der Waals surface area contributed by atoms with E-state index < -0.39 is 13.3 Å². The molecule has 0 aliphatic heterocycles. The second-order valence-electron chi connectivity index (χ2n) is 4.85. The first-order chi connectivity index (χ1) is 7.82. The maximum absolute atomic E-state index is 11.1. The molecule has 4 heteroatoms. The van der Waals surface area contributed by atoms with Crippen LogP contribution < -0.4 is 0 Å². The van der Waals surface area contributed by atoms with Gasteiger partial charge in [0.25, 0.3) is 0 Å². The van der Waals surface area contributed by atoms with Gasteiger partial charge in [-0.3, -0.25) is 4.57 Å². The average molecular weight is 256 g/mol. The topological polar surface area (TPSA) is 57.5 Å². The molecule has 1 aromatic carbocycles. The third-order valence-corrected chi connectivity index (χ3v) is 4.83. The maximum atomic E-state index is 11.1. The summed E-state index contributed by atoms with van der Waals surface area (Å²) in [5, 5.41) is 0. The molecule has 3 nitrogen and oxygen atoms in total. The highest BCUT2D eigenvalue weighted by atomic mass is 31.2. The summed E-state index contributed by atoms with van der Waals surface area (Å²) >= 11 is 0. The molecule has 0 aliphatic carbocycles. The minimum Gasteiger partial charge on any atom is -0.324 e. The van der Waals surface area contributed by atoms with Crippen molar-refractivity contribution >= 4 is 7.60 Å². The fourth-order valence-corrected chi connectivity index (χ4v) is 2.57. The van der Waals surface area contributed by atoms with Crippen molar-refractivity contribution in [1.82, 2.24) is 0 Å². The number of hydrogen-bond donors (Lipinski definition) is 2. The molecule has 0 saturated heterocycles. The van der Waals surface area contributed by atoms with Gasteiger partial charge in [0.15, 0.2) is 0 Å². The Kier molecular flexibility index (Phi) is 4.93. The number of hydrogen-bond acceptors (Lipinski definition) is 1. The van der Waals surface area contributed by atoms with E-state index in [-0.39, 0.29) is 5.92 Å². The van der Waals surface area contributed by atoms with Gasteiger partial charge in [0, 0.05) is 0 Å². The highest BCUT2D eigenvalue weighted by Crippen LogP contribution is 2.45. The molecule has 96 valence electrons. The third-order valence-electron chi connectivity index (χ3n) is 3.47. The lowest BCUT2D eigenvalue weighted by molar-refractivity contribution is 0.342. The Morgan fingerprint density at radius 3 is 2.12 bits per heavy atom. The Morgan fingerprint density at radius 1 is 1.12 bits per heavy atom. The summed E-state index contributed by atoms with van der Waals surface area (Å²) in [5.41, 5.74) is 0.654. The van der Waals surface area contributed by atoms with Gasteiger partial charge in [0.2, 0.25) is 0 Å². The van der Waals surface area contributed by atoms with Crippen LogP contribution in [0.3, 0.4) is 0 Å². The first-order valence-corrected chi connectivity index (χ1v) is 7.60. The predicted molar refractivity (Wildman–Crippen MR) is 70.1 cm³/mol. The number of rotatable bonds is 5. The van der Waals surface area contributed by atoms with Gasteiger partial charge in [0.05, 0.1) is 5.66 Å². The molecule has 0 saturated carbocycles. The molecular weight excluding hydrogens is 235 g/mol. The van der Waals surface area contributed by atoms with Gasteiger partial charge in [-0.25, -0.2) is 0 Å². The molecule has 0 fully saturated rings. The van der Waals surface area contributed by atoms with Crippen LogP contribution in [0.15, 0.2) is 30.3 Å². The van der Waals surface area contributed by atoms with E-state index in [9.17, 15) is 4.57 Å². The van der Waals surface area contributed by atoms with Crippen LogP contribution in [0.5, 0.6) is 0 Å². The van der Waals surface area contributed by atoms with Crippen molar-refractivity contribution in [2.75, 3.05) is 0 Å². The van der Waals surface area contributed by atoms with E-state index in [4.69, 9.17) is 9.79 Å². The Balaban J connectivity index is 2.65. The van der Waals surface area contributed by atoms with Crippen molar-refractivity contribution in [2.45, 2.75) is 38.8 Å². The molecule has 17 heavy (non-hydrogen) atoms. The second kappa shape index (κ2) is 5.81. The summed E-state index contributed by atoms with van der Waals surface area (Å²) < 4.78 is 11.1. The smallest absolute Gasteiger partial charge is 0.324 e. The molecule has 0 aromatic heterocycles. The van der Waals surface area contributed by atoms with Gasteiger partial charge in [0.1, 0.15) is 0 Å². The first-order valence-electron chi connectivity index (χ1n) is 5.92. The molecule has 1 aromatic rings. The van der Waals surface area contributed by atoms with Crippen LogP contribution in [0.1, 0.15) is 38.7 Å². The Morgan fingerprint density at radius 2 is 1.65 bits per heavy atom. The van der Waals surface area contributed by atoms with Gasteiger partial charge in [-0.1, -0.05) is 51.1 Å². The van der Waals surface area contributed by atoms with Crippen LogP contribution in [0.2, 0.25) is 0 Å². The maximum Gasteiger partial charge on any atom is 0.328 e. The fourth-order valence-electron chi connectivity index (χ4n) is 1.96. The Bertz CT molecular complexity index is 385. The second-order valence-corrected chi connectivity index (χ2v) is 6.91. The zero-order valence-corrected chi connectivity index (χ0v) is 11.5. The molecule has 0 bridgehead atoms. The molecule has 0 heterocycles. The summed E-state index contributed by atoms with van der Waals surface area (Å²) in [7, 11) is -3.94. The summed E-state index contributed by atoms with van der Waals surface area (Å²) in [6.45, 7) is 5.77. The molecule has 1 rings (SSSR count). The zero-order valence-electron chi connectivity index (χ0n) is 10.6. The largest absolute Gasteiger partial charge is 0.328 e. The standard InChI is InChI=1S/C13H21O3P/c1-10(9-11(2)17(14,15)16)12(3)13-7-5-4-6-8-13/h4-8,10-12H,9H2,1-3H3,(H2,14,15,16). The molecule has 3 unspecified atom stereocenters. The molecule has 0 amide bonds. The monoisotopic (exact) mass is 256 g/mol. The summed E-state index contributed by atoms with van der Waals surface area (Å²) in [5.74, 6) is 0.560. The van der Waals surface area contributed by atoms with Crippen molar-refractivity contribution < 1.29 is 14.4 Å². The van der Waals surface area contributed by atoms with Gasteiger partial charge in [-0.05, 0) is 23.8 Å². The summed E-state index contributed by atoms with van der Waals surface area (Å²) in [6, 6.07) is 10.1. The predicted octanol–water partition coefficient (Wildman–Crippen LogP) is 3.38. The van der Waals surface area contributed by atoms with Crippen LogP contribution >= 0.6 is 7.60 Å². The van der Waals surface area contributed by atoms with E-state index in [0.717, 1.165) is 0 Å². The van der Waals surface area contributed by atoms with Crippen LogP contribution in [-0.2, 0) is 4.57 Å². The van der Waals surface area contributed by atoms with Crippen molar-refractivity contribution in [2.24, 2.45) is 5.92 Å². The van der Waals surface area contributed by atoms with Crippen molar-refractivity contribution in [3.63, 3.8) is 0 Å². The van der Waals surface area contributed by atoms with Crippen molar-refractivity contribution in [3.05, 3.63) is 35.9 Å². The highest BCUT2D eigenvalue weighted by molar-refractivity contribution is 7.52. The van der Waals surface area contributed by atoms with Crippen LogP contribution in [-0.4, -0.2) is 15.4 Å². The molecule has 0 spiro atoms. The van der Waals surface area contributed by atoms with Crippen LogP contribution in [0.25, 0.3) is 0 Å². The normalized spacial score (nSPS) is 17.5. The molecule has 2 N–H and O–H groups in total. The lowest BCUT2D eigenvalue weighted by atomic mass is 9.86. The molecule has 0 aliphatic rings. The Hall–Kier alpha value is -0.630. The molecular formula is C13H21O3P. The van der Waals surface area contributed by atoms with Gasteiger partial charge in [-0.15, -0.1) is 0 Å². The minimum absolute atomic E-state index is 0.250. The van der Waals surface area contributed by atoms with Crippen molar-refractivity contribution in [1.29, 1.82) is 0 Å². The van der Waals surface area contributed by atoms with Gasteiger partial charge in [-0.2, -0.15) is 0 Å². The van der Waals surface area contributed by atoms with E-state index in [1.807, 2.05) is 25.1 Å². The van der Waals surface area contributed by atoms with E-state index >= 15 is 0 Å². The lowest BCUT2D eigenvalue weighted by Gasteiger charge is -2.24. The van der Waals surface area contributed by atoms with E-state index in [1.165, 1.54) is 5.56 Å². The van der Waals surface area contributed by atoms with E-state index in [0.29, 0.717) is 12.3 Å². The number of benzene rings is 1. The highest BCUT2D eigenvalue weighted by Gasteiger charge is 2.27. The average Bonchev–Trinajstić information content (AvgIpc) is 2.27. The quantitative estimate of drug-likeness (QED) is 0.794. The van der Waals surface area contributed by atoms with E-state index in [2.05, 4.69) is 19.1 Å². The van der Waals surface area contributed by atoms with Crippen LogP contribution in [0, 0.1) is 5.92 Å². The zero-order chi connectivity index (χ0) is 13.1. The summed E-state index contributed by atoms with van der Waals surface area (Å²) in [4.78, 5) is 18.2. The van der Waals surface area contributed by atoms with E-state index in [1.54, 1.807) is 6.92 Å². The third kappa shape index (κ3) is 4.27. The molecule has 0 radical (unpaired) electrons. The Labute approximate surface area is 103 Å². The van der Waals surface area contributed by atoms with Crippen LogP contribution in [0.4, 0.5) is 0 Å². The lowest BCUT2D eigenvalue weighted by Crippen LogP contribution is -2.14. The molecule has 3 atom stereocenters. The minimum atomic E-state index is -3.94. The van der Waals surface area contributed by atoms with Crippen molar-refractivity contribution in [3.8, 4) is 0 Å². The fraction of sp³-hybridized carbons (Fsp3) is 0.538. The first kappa shape index (κ1) is 14.4. The summed E-state index contributed by atoms with van der Waals surface area (Å²) in [6.07, 6.45) is 0.542. The van der Waals surface area contributed by atoms with Gasteiger partial charge < -0.3 is 9.79 Å². The van der Waals surface area contributed by atoms with Gasteiger partial charge >= 0.3 is 7.60 Å². The SMILES string of the molecule is CC(CC(C)P(=O)(O)O)C(C)c1ccccc1.